The average Bonchev–Trinajstić information content (AvgIpc) is 3.38. The van der Waals surface area contributed by atoms with E-state index in [4.69, 9.17) is 53.2 Å². The van der Waals surface area contributed by atoms with Crippen LogP contribution >= 0.6 is 0 Å². The van der Waals surface area contributed by atoms with E-state index in [9.17, 15) is 57.5 Å². The highest BCUT2D eigenvalue weighted by Gasteiger charge is 2.30. The Kier molecular flexibility index (Phi) is 37.3. The zero-order valence-corrected chi connectivity index (χ0v) is 45.9. The molecule has 0 bridgehead atoms. The fraction of sp³-hybridized carbons (Fsp3) is 0.547. The van der Waals surface area contributed by atoms with E-state index in [1.807, 2.05) is 48.5 Å². The van der Waals surface area contributed by atoms with Gasteiger partial charge < -0.3 is 62.7 Å². The Bertz CT molecular complexity index is 2210. The van der Waals surface area contributed by atoms with Crippen molar-refractivity contribution >= 4 is 71.6 Å². The number of carbonyl (C=O) groups excluding carboxylic acids is 10. The molecule has 2 rings (SSSR count). The molecule has 0 spiro atoms. The standard InChI is InChI=1S/C20H26O8.C13H20O8.C10H16O6.C10H12O3/c1-5-9-17(21)26-14(3)19(23)28-15(4)20(24)27-13(2)18(22)25-12-16-10-7-6-8-11-16;1-5-6-10(14)19-8(3)12(17)21-9(4)13(18)20-7(2)11(15)16;1-4-5-8(11)15-7(3)10(14)16-6(2)9(12)13;1-8(11)10(12)13-7-9-5-3-2-4-6-9/h6-8,10-11,13-15H,5,9,12H2,1-4H3;7-9H,5-6H2,1-4H3,(H,15,16);6-7H,4-5H2,1-3H3,(H,12,13);2-6,8,11H,7H2,1H3/t13-,14+,15-;7-,8+,9-;6-,7+;8-/m1110/s1. The molecule has 0 unspecified atom stereocenters. The summed E-state index contributed by atoms with van der Waals surface area (Å²) in [5.41, 5.74) is 1.71. The molecule has 0 fully saturated rings. The molecule has 25 heteroatoms. The van der Waals surface area contributed by atoms with Crippen LogP contribution in [0.5, 0.6) is 0 Å². The van der Waals surface area contributed by atoms with E-state index in [0.29, 0.717) is 19.3 Å². The zero-order chi connectivity index (χ0) is 60.1. The van der Waals surface area contributed by atoms with Crippen molar-refractivity contribution in [2.75, 3.05) is 0 Å². The lowest BCUT2D eigenvalue weighted by Crippen LogP contribution is -2.36. The van der Waals surface area contributed by atoms with Crippen molar-refractivity contribution in [2.24, 2.45) is 0 Å². The monoisotopic (exact) mass is 1110 g/mol. The second-order valence-corrected chi connectivity index (χ2v) is 16.6. The van der Waals surface area contributed by atoms with Crippen LogP contribution in [-0.4, -0.2) is 142 Å². The molecule has 0 radical (unpaired) electrons. The molecular weight excluding hydrogens is 1040 g/mol. The Labute approximate surface area is 452 Å². The van der Waals surface area contributed by atoms with Gasteiger partial charge in [-0.05, 0) is 92.7 Å². The Hall–Kier alpha value is -7.96. The van der Waals surface area contributed by atoms with E-state index in [-0.39, 0.29) is 32.5 Å². The fourth-order valence-electron chi connectivity index (χ4n) is 4.82. The van der Waals surface area contributed by atoms with Gasteiger partial charge in [-0.1, -0.05) is 81.4 Å². The van der Waals surface area contributed by atoms with Crippen LogP contribution in [0.25, 0.3) is 0 Å². The number of carboxylic acid groups (broad SMARTS) is 2. The van der Waals surface area contributed by atoms with Gasteiger partial charge in [0.25, 0.3) is 0 Å². The molecule has 9 atom stereocenters. The first-order valence-corrected chi connectivity index (χ1v) is 24.7. The average molecular weight is 1110 g/mol. The third kappa shape index (κ3) is 33.9. The van der Waals surface area contributed by atoms with Crippen molar-refractivity contribution in [1.29, 1.82) is 0 Å². The highest BCUT2D eigenvalue weighted by molar-refractivity contribution is 5.86. The van der Waals surface area contributed by atoms with Crippen LogP contribution in [-0.2, 0) is 118 Å². The van der Waals surface area contributed by atoms with Gasteiger partial charge in [0.15, 0.2) is 48.8 Å². The Balaban J connectivity index is 0. The van der Waals surface area contributed by atoms with Crippen LogP contribution in [0.3, 0.4) is 0 Å². The number of hydrogen-bond donors (Lipinski definition) is 3. The van der Waals surface area contributed by atoms with E-state index in [2.05, 4.69) is 9.47 Å². The van der Waals surface area contributed by atoms with Crippen LogP contribution in [0.4, 0.5) is 0 Å². The third-order valence-corrected chi connectivity index (χ3v) is 9.23. The predicted octanol–water partition coefficient (Wildman–Crippen LogP) is 4.84. The molecule has 2 aromatic carbocycles. The van der Waals surface area contributed by atoms with Gasteiger partial charge in [-0.25, -0.2) is 43.2 Å². The van der Waals surface area contributed by atoms with E-state index in [1.165, 1.54) is 62.3 Å². The highest BCUT2D eigenvalue weighted by Crippen LogP contribution is 2.10. The topological polar surface area (TPSA) is 358 Å². The van der Waals surface area contributed by atoms with E-state index in [1.54, 1.807) is 32.9 Å². The number of aliphatic carboxylic acids is 2. The normalized spacial score (nSPS) is 13.6. The first-order chi connectivity index (χ1) is 36.5. The summed E-state index contributed by atoms with van der Waals surface area (Å²) >= 11 is 0. The molecule has 436 valence electrons. The van der Waals surface area contributed by atoms with Crippen molar-refractivity contribution < 1.29 is 120 Å². The highest BCUT2D eigenvalue weighted by atomic mass is 16.6. The number of aliphatic hydroxyl groups is 1. The quantitative estimate of drug-likeness (QED) is 0.0796. The predicted molar refractivity (Wildman–Crippen MR) is 269 cm³/mol. The molecule has 0 heterocycles. The van der Waals surface area contributed by atoms with Crippen molar-refractivity contribution in [2.45, 2.75) is 190 Å². The number of carbonyl (C=O) groups is 12. The minimum atomic E-state index is -1.35. The maximum absolute atomic E-state index is 12.0. The van der Waals surface area contributed by atoms with Crippen LogP contribution < -0.4 is 0 Å². The number of hydrogen-bond acceptors (Lipinski definition) is 23. The fourth-order valence-corrected chi connectivity index (χ4v) is 4.82. The molecule has 0 saturated heterocycles. The largest absolute Gasteiger partial charge is 0.479 e. The van der Waals surface area contributed by atoms with Gasteiger partial charge in [-0.15, -0.1) is 0 Å². The lowest BCUT2D eigenvalue weighted by Gasteiger charge is -2.18. The lowest BCUT2D eigenvalue weighted by atomic mass is 10.2. The molecule has 3 N–H and O–H groups in total. The summed E-state index contributed by atoms with van der Waals surface area (Å²) < 4.78 is 48.0. The van der Waals surface area contributed by atoms with Crippen LogP contribution in [0, 0.1) is 0 Å². The minimum absolute atomic E-state index is 0.0484. The van der Waals surface area contributed by atoms with Crippen LogP contribution in [0.2, 0.25) is 0 Å². The van der Waals surface area contributed by atoms with Crippen LogP contribution in [0.1, 0.15) is 133 Å². The lowest BCUT2D eigenvalue weighted by molar-refractivity contribution is -0.182. The summed E-state index contributed by atoms with van der Waals surface area (Å²) in [6.07, 6.45) is -8.44. The summed E-state index contributed by atoms with van der Waals surface area (Å²) in [5.74, 6) is -10.0. The van der Waals surface area contributed by atoms with Crippen molar-refractivity contribution in [1.82, 2.24) is 0 Å². The summed E-state index contributed by atoms with van der Waals surface area (Å²) in [6.45, 7) is 17.3. The van der Waals surface area contributed by atoms with E-state index < -0.39 is 127 Å². The molecule has 0 aliphatic heterocycles. The molecule has 0 saturated carbocycles. The SMILES string of the molecule is CCCC(=O)O[C@@H](C)C(=O)O[C@H](C)C(=O)O.CCCC(=O)O[C@@H](C)C(=O)O[C@H](C)C(=O)O[C@H](C)C(=O)O.CCCC(=O)O[C@@H](C)C(=O)O[C@H](C)C(=O)O[C@H](C)C(=O)OCc1ccccc1.C[C@H](O)C(=O)OCc1ccccc1. The number of ether oxygens (including phenoxy) is 10. The van der Waals surface area contributed by atoms with Crippen LogP contribution in [0.15, 0.2) is 60.7 Å². The smallest absolute Gasteiger partial charge is 0.347 e. The Morgan fingerprint density at radius 1 is 0.346 bits per heavy atom. The maximum atomic E-state index is 12.0. The van der Waals surface area contributed by atoms with Gasteiger partial charge in [0.2, 0.25) is 0 Å². The Morgan fingerprint density at radius 2 is 0.577 bits per heavy atom. The van der Waals surface area contributed by atoms with E-state index >= 15 is 0 Å². The first-order valence-electron chi connectivity index (χ1n) is 24.7. The summed E-state index contributed by atoms with van der Waals surface area (Å²) in [6, 6.07) is 18.4. The summed E-state index contributed by atoms with van der Waals surface area (Å²) in [4.78, 5) is 136. The zero-order valence-electron chi connectivity index (χ0n) is 45.9. The maximum Gasteiger partial charge on any atom is 0.347 e. The molecule has 2 aromatic rings. The third-order valence-electron chi connectivity index (χ3n) is 9.23. The van der Waals surface area contributed by atoms with Crippen molar-refractivity contribution in [3.63, 3.8) is 0 Å². The Morgan fingerprint density at radius 3 is 0.821 bits per heavy atom. The number of benzene rings is 2. The van der Waals surface area contributed by atoms with Gasteiger partial charge in [-0.3, -0.25) is 14.4 Å². The van der Waals surface area contributed by atoms with Gasteiger partial charge >= 0.3 is 71.6 Å². The van der Waals surface area contributed by atoms with Crippen molar-refractivity contribution in [3.05, 3.63) is 71.8 Å². The molecule has 25 nitrogen and oxygen atoms in total. The van der Waals surface area contributed by atoms with Gasteiger partial charge in [0.1, 0.15) is 19.3 Å². The number of rotatable bonds is 27. The van der Waals surface area contributed by atoms with E-state index in [0.717, 1.165) is 11.1 Å². The summed E-state index contributed by atoms with van der Waals surface area (Å²) in [5, 5.41) is 25.9. The van der Waals surface area contributed by atoms with Gasteiger partial charge in [0.05, 0.1) is 0 Å². The second kappa shape index (κ2) is 40.3. The van der Waals surface area contributed by atoms with Gasteiger partial charge in [-0.2, -0.15) is 0 Å². The summed E-state index contributed by atoms with van der Waals surface area (Å²) in [7, 11) is 0. The molecule has 0 amide bonds. The molecule has 78 heavy (non-hydrogen) atoms. The molecular formula is C53H74O25. The minimum Gasteiger partial charge on any atom is -0.479 e. The first kappa shape index (κ1) is 72.1. The number of carboxylic acids is 2. The van der Waals surface area contributed by atoms with Crippen molar-refractivity contribution in [3.8, 4) is 0 Å². The molecule has 0 aliphatic rings. The number of esters is 10. The molecule has 0 aromatic heterocycles. The molecule has 0 aliphatic carbocycles. The number of aliphatic hydroxyl groups excluding tert-OH is 1. The second-order valence-electron chi connectivity index (χ2n) is 16.6. The van der Waals surface area contributed by atoms with Gasteiger partial charge in [0, 0.05) is 19.3 Å².